The lowest BCUT2D eigenvalue weighted by Crippen LogP contribution is -1.95. The van der Waals surface area contributed by atoms with Gasteiger partial charge in [0.05, 0.1) is 11.2 Å². The Morgan fingerprint density at radius 3 is 2.18 bits per heavy atom. The summed E-state index contributed by atoms with van der Waals surface area (Å²) in [6.45, 7) is 0. The van der Waals surface area contributed by atoms with Gasteiger partial charge in [0.1, 0.15) is 5.69 Å². The van der Waals surface area contributed by atoms with Crippen LogP contribution in [-0.2, 0) is 0 Å². The van der Waals surface area contributed by atoms with Gasteiger partial charge in [0.2, 0.25) is 0 Å². The smallest absolute Gasteiger partial charge is 0.101 e. The Kier molecular flexibility index (Phi) is 3.17. The fraction of sp³-hybridized carbons (Fsp3) is 0. The molecule has 0 aliphatic rings. The topological polar surface area (TPSA) is 17.8 Å². The van der Waals surface area contributed by atoms with Crippen LogP contribution in [-0.4, -0.2) is 9.78 Å². The molecule has 4 rings (SSSR count). The highest BCUT2D eigenvalue weighted by Gasteiger charge is 2.12. The SMILES string of the molecule is Clc1ccc(-n2nc(-c3ccccc3)c3ccccc32)cc1. The van der Waals surface area contributed by atoms with E-state index in [1.807, 2.05) is 59.3 Å². The molecule has 3 aromatic carbocycles. The molecule has 22 heavy (non-hydrogen) atoms. The lowest BCUT2D eigenvalue weighted by atomic mass is 10.1. The third-order valence-corrected chi connectivity index (χ3v) is 3.96. The van der Waals surface area contributed by atoms with Gasteiger partial charge in [-0.1, -0.05) is 60.1 Å². The van der Waals surface area contributed by atoms with Crippen LogP contribution in [0, 0.1) is 0 Å². The van der Waals surface area contributed by atoms with E-state index in [1.165, 1.54) is 0 Å². The molecule has 0 N–H and O–H groups in total. The number of para-hydroxylation sites is 1. The van der Waals surface area contributed by atoms with E-state index in [0.717, 1.165) is 32.9 Å². The number of hydrogen-bond donors (Lipinski definition) is 0. The molecule has 0 saturated carbocycles. The van der Waals surface area contributed by atoms with Gasteiger partial charge in [-0.15, -0.1) is 0 Å². The zero-order chi connectivity index (χ0) is 14.9. The Morgan fingerprint density at radius 1 is 0.727 bits per heavy atom. The summed E-state index contributed by atoms with van der Waals surface area (Å²) in [7, 11) is 0. The average Bonchev–Trinajstić information content (AvgIpc) is 2.96. The van der Waals surface area contributed by atoms with Crippen molar-refractivity contribution in [1.29, 1.82) is 0 Å². The molecule has 0 spiro atoms. The van der Waals surface area contributed by atoms with Gasteiger partial charge < -0.3 is 0 Å². The maximum Gasteiger partial charge on any atom is 0.101 e. The van der Waals surface area contributed by atoms with Crippen molar-refractivity contribution in [2.24, 2.45) is 0 Å². The van der Waals surface area contributed by atoms with Crippen LogP contribution >= 0.6 is 11.6 Å². The summed E-state index contributed by atoms with van der Waals surface area (Å²) in [6.07, 6.45) is 0. The summed E-state index contributed by atoms with van der Waals surface area (Å²) in [5.74, 6) is 0. The minimum absolute atomic E-state index is 0.725. The molecule has 0 bridgehead atoms. The summed E-state index contributed by atoms with van der Waals surface area (Å²) in [6, 6.07) is 26.3. The Balaban J connectivity index is 1.99. The minimum Gasteiger partial charge on any atom is -0.232 e. The van der Waals surface area contributed by atoms with Gasteiger partial charge in [-0.25, -0.2) is 4.68 Å². The van der Waals surface area contributed by atoms with Crippen molar-refractivity contribution >= 4 is 22.5 Å². The third-order valence-electron chi connectivity index (χ3n) is 3.71. The van der Waals surface area contributed by atoms with Crippen molar-refractivity contribution < 1.29 is 0 Å². The largest absolute Gasteiger partial charge is 0.232 e. The predicted octanol–water partition coefficient (Wildman–Crippen LogP) is 5.35. The summed E-state index contributed by atoms with van der Waals surface area (Å²) < 4.78 is 1.97. The molecule has 0 radical (unpaired) electrons. The summed E-state index contributed by atoms with van der Waals surface area (Å²) >= 11 is 5.99. The van der Waals surface area contributed by atoms with Crippen molar-refractivity contribution in [2.45, 2.75) is 0 Å². The van der Waals surface area contributed by atoms with Crippen molar-refractivity contribution in [3.05, 3.63) is 83.9 Å². The lowest BCUT2D eigenvalue weighted by molar-refractivity contribution is 0.915. The lowest BCUT2D eigenvalue weighted by Gasteiger charge is -2.03. The van der Waals surface area contributed by atoms with Crippen molar-refractivity contribution in [1.82, 2.24) is 9.78 Å². The molecule has 2 nitrogen and oxygen atoms in total. The molecule has 0 fully saturated rings. The Bertz CT molecular complexity index is 925. The molecule has 1 heterocycles. The maximum atomic E-state index is 5.99. The number of halogens is 1. The number of fused-ring (bicyclic) bond motifs is 1. The van der Waals surface area contributed by atoms with Gasteiger partial charge in [0.15, 0.2) is 0 Å². The van der Waals surface area contributed by atoms with Crippen LogP contribution in [0.1, 0.15) is 0 Å². The van der Waals surface area contributed by atoms with E-state index in [2.05, 4.69) is 24.3 Å². The van der Waals surface area contributed by atoms with E-state index in [9.17, 15) is 0 Å². The van der Waals surface area contributed by atoms with Crippen molar-refractivity contribution in [3.63, 3.8) is 0 Å². The molecular weight excluding hydrogens is 292 g/mol. The Labute approximate surface area is 133 Å². The fourth-order valence-electron chi connectivity index (χ4n) is 2.65. The van der Waals surface area contributed by atoms with Crippen LogP contribution in [0.4, 0.5) is 0 Å². The van der Waals surface area contributed by atoms with Gasteiger partial charge in [0, 0.05) is 16.0 Å². The standard InChI is InChI=1S/C19H13ClN2/c20-15-10-12-16(13-11-15)22-18-9-5-4-8-17(18)19(21-22)14-6-2-1-3-7-14/h1-13H. The molecule has 0 atom stereocenters. The van der Waals surface area contributed by atoms with Gasteiger partial charge in [-0.2, -0.15) is 5.10 Å². The minimum atomic E-state index is 0.725. The second-order valence-electron chi connectivity index (χ2n) is 5.12. The Hall–Kier alpha value is -2.58. The normalized spacial score (nSPS) is 11.0. The fourth-order valence-corrected chi connectivity index (χ4v) is 2.78. The second kappa shape index (κ2) is 5.32. The van der Waals surface area contributed by atoms with Crippen molar-refractivity contribution in [2.75, 3.05) is 0 Å². The summed E-state index contributed by atoms with van der Waals surface area (Å²) in [5.41, 5.74) is 4.20. The Morgan fingerprint density at radius 2 is 1.41 bits per heavy atom. The van der Waals surface area contributed by atoms with E-state index >= 15 is 0 Å². The van der Waals surface area contributed by atoms with E-state index in [1.54, 1.807) is 0 Å². The van der Waals surface area contributed by atoms with E-state index in [4.69, 9.17) is 16.7 Å². The average molecular weight is 305 g/mol. The zero-order valence-corrected chi connectivity index (χ0v) is 12.5. The van der Waals surface area contributed by atoms with Crippen LogP contribution in [0.25, 0.3) is 27.8 Å². The van der Waals surface area contributed by atoms with Crippen LogP contribution < -0.4 is 0 Å². The highest BCUT2D eigenvalue weighted by molar-refractivity contribution is 6.30. The molecule has 0 aliphatic carbocycles. The van der Waals surface area contributed by atoms with E-state index < -0.39 is 0 Å². The van der Waals surface area contributed by atoms with Gasteiger partial charge in [-0.3, -0.25) is 0 Å². The van der Waals surface area contributed by atoms with Gasteiger partial charge in [-0.05, 0) is 30.3 Å². The van der Waals surface area contributed by atoms with Crippen LogP contribution in [0.2, 0.25) is 5.02 Å². The molecule has 0 saturated heterocycles. The summed E-state index contributed by atoms with van der Waals surface area (Å²) in [4.78, 5) is 0. The third kappa shape index (κ3) is 2.18. The number of nitrogens with zero attached hydrogens (tertiary/aromatic N) is 2. The monoisotopic (exact) mass is 304 g/mol. The molecule has 0 amide bonds. The molecule has 0 unspecified atom stereocenters. The molecular formula is C19H13ClN2. The second-order valence-corrected chi connectivity index (χ2v) is 5.56. The molecule has 3 heteroatoms. The molecule has 0 aliphatic heterocycles. The predicted molar refractivity (Wildman–Crippen MR) is 91.5 cm³/mol. The first-order chi connectivity index (χ1) is 10.8. The van der Waals surface area contributed by atoms with Crippen molar-refractivity contribution in [3.8, 4) is 16.9 Å². The first-order valence-corrected chi connectivity index (χ1v) is 7.50. The maximum absolute atomic E-state index is 5.99. The van der Waals surface area contributed by atoms with Crippen LogP contribution in [0.15, 0.2) is 78.9 Å². The summed E-state index contributed by atoms with van der Waals surface area (Å²) in [5, 5.41) is 6.70. The van der Waals surface area contributed by atoms with Gasteiger partial charge >= 0.3 is 0 Å². The zero-order valence-electron chi connectivity index (χ0n) is 11.8. The van der Waals surface area contributed by atoms with Crippen LogP contribution in [0.3, 0.4) is 0 Å². The highest BCUT2D eigenvalue weighted by Crippen LogP contribution is 2.29. The molecule has 106 valence electrons. The molecule has 1 aromatic heterocycles. The number of benzene rings is 3. The molecule has 4 aromatic rings. The first kappa shape index (κ1) is 13.1. The number of rotatable bonds is 2. The van der Waals surface area contributed by atoms with Crippen LogP contribution in [0.5, 0.6) is 0 Å². The highest BCUT2D eigenvalue weighted by atomic mass is 35.5. The quantitative estimate of drug-likeness (QED) is 0.488. The van der Waals surface area contributed by atoms with Gasteiger partial charge in [0.25, 0.3) is 0 Å². The van der Waals surface area contributed by atoms with E-state index in [-0.39, 0.29) is 0 Å². The first-order valence-electron chi connectivity index (χ1n) is 7.12. The number of aromatic nitrogens is 2. The number of hydrogen-bond acceptors (Lipinski definition) is 1. The van der Waals surface area contributed by atoms with E-state index in [0.29, 0.717) is 0 Å².